The van der Waals surface area contributed by atoms with Gasteiger partial charge in [-0.15, -0.1) is 0 Å². The van der Waals surface area contributed by atoms with Crippen molar-refractivity contribution in [2.75, 3.05) is 19.0 Å². The molecule has 136 valence electrons. The van der Waals surface area contributed by atoms with E-state index < -0.39 is 23.4 Å². The molecular formula is C17H15ClN2O6. The van der Waals surface area contributed by atoms with Crippen LogP contribution in [0.15, 0.2) is 36.4 Å². The minimum absolute atomic E-state index is 0.103. The molecule has 0 fully saturated rings. The Balaban J connectivity index is 2.06. The second-order valence-electron chi connectivity index (χ2n) is 5.23. The van der Waals surface area contributed by atoms with Crippen LogP contribution in [-0.2, 0) is 9.53 Å². The topological polar surface area (TPSA) is 108 Å². The van der Waals surface area contributed by atoms with Crippen LogP contribution >= 0.6 is 11.6 Å². The number of ether oxygens (including phenoxy) is 2. The quantitative estimate of drug-likeness (QED) is 0.469. The lowest BCUT2D eigenvalue weighted by molar-refractivity contribution is -0.384. The van der Waals surface area contributed by atoms with Gasteiger partial charge in [0.2, 0.25) is 0 Å². The molecule has 0 unspecified atom stereocenters. The first-order chi connectivity index (χ1) is 12.3. The number of non-ortho nitro benzene ring substituents is 1. The molecule has 2 rings (SSSR count). The summed E-state index contributed by atoms with van der Waals surface area (Å²) in [7, 11) is 1.31. The van der Waals surface area contributed by atoms with E-state index in [1.807, 2.05) is 0 Å². The number of nitrogens with zero attached hydrogens (tertiary/aromatic N) is 1. The smallest absolute Gasteiger partial charge is 0.342 e. The largest absolute Gasteiger partial charge is 0.496 e. The third-order valence-electron chi connectivity index (χ3n) is 3.42. The molecule has 0 atom stereocenters. The molecule has 0 radical (unpaired) electrons. The number of carbonyl (C=O) groups is 2. The zero-order valence-electron chi connectivity index (χ0n) is 13.9. The van der Waals surface area contributed by atoms with Gasteiger partial charge in [-0.05, 0) is 30.7 Å². The molecule has 0 aliphatic carbocycles. The summed E-state index contributed by atoms with van der Waals surface area (Å²) in [5, 5.41) is 13.9. The van der Waals surface area contributed by atoms with Crippen LogP contribution in [0.3, 0.4) is 0 Å². The number of hydrogen-bond donors (Lipinski definition) is 1. The number of anilines is 1. The summed E-state index contributed by atoms with van der Waals surface area (Å²) in [6.45, 7) is 1.21. The van der Waals surface area contributed by atoms with Crippen molar-refractivity contribution in [1.29, 1.82) is 0 Å². The number of rotatable bonds is 6. The summed E-state index contributed by atoms with van der Waals surface area (Å²) in [6.07, 6.45) is 0. The van der Waals surface area contributed by atoms with Crippen LogP contribution in [0.1, 0.15) is 15.9 Å². The van der Waals surface area contributed by atoms with Gasteiger partial charge < -0.3 is 14.8 Å². The minimum Gasteiger partial charge on any atom is -0.496 e. The van der Waals surface area contributed by atoms with E-state index in [1.165, 1.54) is 19.2 Å². The molecule has 8 nitrogen and oxygen atoms in total. The molecule has 0 bridgehead atoms. The van der Waals surface area contributed by atoms with E-state index in [0.29, 0.717) is 10.7 Å². The maximum atomic E-state index is 12.2. The van der Waals surface area contributed by atoms with Crippen LogP contribution in [0.2, 0.25) is 5.02 Å². The molecule has 1 N–H and O–H groups in total. The summed E-state index contributed by atoms with van der Waals surface area (Å²) in [5.74, 6) is -1.39. The average molecular weight is 379 g/mol. The normalized spacial score (nSPS) is 10.1. The van der Waals surface area contributed by atoms with Crippen LogP contribution in [0.5, 0.6) is 5.75 Å². The maximum absolute atomic E-state index is 12.2. The molecule has 0 aliphatic rings. The molecular weight excluding hydrogens is 364 g/mol. The zero-order chi connectivity index (χ0) is 19.3. The molecule has 1 amide bonds. The fourth-order valence-corrected chi connectivity index (χ4v) is 2.27. The third-order valence-corrected chi connectivity index (χ3v) is 3.66. The van der Waals surface area contributed by atoms with Crippen LogP contribution in [0, 0.1) is 17.0 Å². The SMILES string of the molecule is COc1ccc([N+](=O)[O-])cc1C(=O)OCC(=O)Nc1cc(Cl)ccc1C. The summed E-state index contributed by atoms with van der Waals surface area (Å²) in [6, 6.07) is 8.49. The summed E-state index contributed by atoms with van der Waals surface area (Å²) < 4.78 is 9.92. The minimum atomic E-state index is -0.913. The monoisotopic (exact) mass is 378 g/mol. The van der Waals surface area contributed by atoms with Crippen molar-refractivity contribution in [2.45, 2.75) is 6.92 Å². The van der Waals surface area contributed by atoms with Crippen molar-refractivity contribution in [3.05, 3.63) is 62.7 Å². The van der Waals surface area contributed by atoms with Gasteiger partial charge in [-0.1, -0.05) is 17.7 Å². The summed E-state index contributed by atoms with van der Waals surface area (Å²) in [5.41, 5.74) is 0.839. The highest BCUT2D eigenvalue weighted by atomic mass is 35.5. The van der Waals surface area contributed by atoms with Crippen molar-refractivity contribution in [3.63, 3.8) is 0 Å². The lowest BCUT2D eigenvalue weighted by Crippen LogP contribution is -2.21. The number of carbonyl (C=O) groups excluding carboxylic acids is 2. The molecule has 2 aromatic carbocycles. The van der Waals surface area contributed by atoms with E-state index in [9.17, 15) is 19.7 Å². The second kappa shape index (κ2) is 8.30. The van der Waals surface area contributed by atoms with Crippen LogP contribution in [-0.4, -0.2) is 30.5 Å². The number of methoxy groups -OCH3 is 1. The van der Waals surface area contributed by atoms with Gasteiger partial charge in [-0.2, -0.15) is 0 Å². The predicted molar refractivity (Wildman–Crippen MR) is 94.7 cm³/mol. The van der Waals surface area contributed by atoms with E-state index >= 15 is 0 Å². The van der Waals surface area contributed by atoms with Crippen LogP contribution in [0.25, 0.3) is 0 Å². The highest BCUT2D eigenvalue weighted by Crippen LogP contribution is 2.25. The Hall–Kier alpha value is -3.13. The number of nitro groups is 1. The number of benzene rings is 2. The van der Waals surface area contributed by atoms with Crippen molar-refractivity contribution in [3.8, 4) is 5.75 Å². The Bertz CT molecular complexity index is 868. The number of halogens is 1. The van der Waals surface area contributed by atoms with Crippen LogP contribution < -0.4 is 10.1 Å². The molecule has 0 saturated heterocycles. The van der Waals surface area contributed by atoms with E-state index in [0.717, 1.165) is 11.6 Å². The van der Waals surface area contributed by atoms with Crippen molar-refractivity contribution in [1.82, 2.24) is 0 Å². The Morgan fingerprint density at radius 2 is 1.96 bits per heavy atom. The molecule has 0 heterocycles. The third kappa shape index (κ3) is 4.70. The van der Waals surface area contributed by atoms with Gasteiger partial charge in [0, 0.05) is 22.8 Å². The Kier molecular flexibility index (Phi) is 6.13. The lowest BCUT2D eigenvalue weighted by Gasteiger charge is -2.10. The summed E-state index contributed by atoms with van der Waals surface area (Å²) >= 11 is 5.88. The predicted octanol–water partition coefficient (Wildman–Crippen LogP) is 3.36. The standard InChI is InChI=1S/C17H15ClN2O6/c1-10-3-4-11(18)7-14(10)19-16(21)9-26-17(22)13-8-12(20(23)24)5-6-15(13)25-2/h3-8H,9H2,1-2H3,(H,19,21). The van der Waals surface area contributed by atoms with Crippen molar-refractivity contribution >= 4 is 34.9 Å². The number of amides is 1. The molecule has 0 aliphatic heterocycles. The Labute approximate surface area is 153 Å². The number of nitrogens with one attached hydrogen (secondary N) is 1. The number of aryl methyl sites for hydroxylation is 1. The first-order valence-corrected chi connectivity index (χ1v) is 7.75. The Morgan fingerprint density at radius 3 is 2.62 bits per heavy atom. The number of esters is 1. The molecule has 0 spiro atoms. The van der Waals surface area contributed by atoms with E-state index in [1.54, 1.807) is 25.1 Å². The van der Waals surface area contributed by atoms with Gasteiger partial charge in [0.15, 0.2) is 6.61 Å². The zero-order valence-corrected chi connectivity index (χ0v) is 14.7. The average Bonchev–Trinajstić information content (AvgIpc) is 2.62. The molecule has 2 aromatic rings. The lowest BCUT2D eigenvalue weighted by atomic mass is 10.2. The summed E-state index contributed by atoms with van der Waals surface area (Å²) in [4.78, 5) is 34.3. The van der Waals surface area contributed by atoms with E-state index in [2.05, 4.69) is 5.32 Å². The number of hydrogen-bond acceptors (Lipinski definition) is 6. The van der Waals surface area contributed by atoms with Gasteiger partial charge in [-0.3, -0.25) is 14.9 Å². The van der Waals surface area contributed by atoms with Gasteiger partial charge in [0.1, 0.15) is 11.3 Å². The maximum Gasteiger partial charge on any atom is 0.342 e. The highest BCUT2D eigenvalue weighted by Gasteiger charge is 2.19. The highest BCUT2D eigenvalue weighted by molar-refractivity contribution is 6.31. The second-order valence-corrected chi connectivity index (χ2v) is 5.66. The van der Waals surface area contributed by atoms with Crippen LogP contribution in [0.4, 0.5) is 11.4 Å². The van der Waals surface area contributed by atoms with Gasteiger partial charge in [-0.25, -0.2) is 4.79 Å². The van der Waals surface area contributed by atoms with Gasteiger partial charge in [0.05, 0.1) is 12.0 Å². The molecule has 0 aromatic heterocycles. The molecule has 9 heteroatoms. The number of nitro benzene ring substituents is 1. The first-order valence-electron chi connectivity index (χ1n) is 7.37. The van der Waals surface area contributed by atoms with E-state index in [-0.39, 0.29) is 17.0 Å². The fourth-order valence-electron chi connectivity index (χ4n) is 2.09. The van der Waals surface area contributed by atoms with Gasteiger partial charge in [0.25, 0.3) is 11.6 Å². The first kappa shape index (κ1) is 19.2. The van der Waals surface area contributed by atoms with Crippen molar-refractivity contribution < 1.29 is 24.0 Å². The van der Waals surface area contributed by atoms with Crippen molar-refractivity contribution in [2.24, 2.45) is 0 Å². The van der Waals surface area contributed by atoms with Gasteiger partial charge >= 0.3 is 5.97 Å². The molecule has 26 heavy (non-hydrogen) atoms. The Morgan fingerprint density at radius 1 is 1.23 bits per heavy atom. The molecule has 0 saturated carbocycles. The van der Waals surface area contributed by atoms with E-state index in [4.69, 9.17) is 21.1 Å². The fraction of sp³-hybridized carbons (Fsp3) is 0.176.